The van der Waals surface area contributed by atoms with Gasteiger partial charge in [0.25, 0.3) is 5.91 Å². The highest BCUT2D eigenvalue weighted by atomic mass is 32.2. The molecule has 2 unspecified atom stereocenters. The van der Waals surface area contributed by atoms with E-state index in [1.165, 1.54) is 6.92 Å². The first-order valence-electron chi connectivity index (χ1n) is 7.56. The van der Waals surface area contributed by atoms with Crippen LogP contribution in [0.3, 0.4) is 0 Å². The molecule has 2 saturated heterocycles. The number of fused-ring (bicyclic) bond motifs is 1. The first-order chi connectivity index (χ1) is 12.7. The molecule has 0 saturated carbocycles. The number of thioether (sulfide) groups is 1. The number of hydrogen-bond acceptors (Lipinski definition) is 5. The number of rotatable bonds is 7. The van der Waals surface area contributed by atoms with E-state index in [0.717, 1.165) is 7.11 Å². The first-order valence-corrected chi connectivity index (χ1v) is 8.37. The standard InChI is InChI=1S/C14H13F8NO4S/c1-3-27-7-5-23-9(25)6(4-8(24)26-2)28-12(7,23)14(21,22)13(19,20)11(17,18)10(15)16/h4,7,10H,3,5H2,1-2H3/b6-4-. The number of nitrogens with zero attached hydrogens (tertiary/aromatic N) is 1. The number of ether oxygens (including phenoxy) is 2. The van der Waals surface area contributed by atoms with Crippen molar-refractivity contribution in [3.8, 4) is 0 Å². The highest BCUT2D eigenvalue weighted by Crippen LogP contribution is 2.66. The molecular weight excluding hydrogens is 430 g/mol. The van der Waals surface area contributed by atoms with Crippen LogP contribution in [0.5, 0.6) is 0 Å². The summed E-state index contributed by atoms with van der Waals surface area (Å²) in [6.07, 6.45) is -6.57. The Kier molecular flexibility index (Phi) is 5.71. The van der Waals surface area contributed by atoms with E-state index in [4.69, 9.17) is 4.74 Å². The van der Waals surface area contributed by atoms with Crippen LogP contribution >= 0.6 is 11.8 Å². The lowest BCUT2D eigenvalue weighted by atomic mass is 9.85. The van der Waals surface area contributed by atoms with Gasteiger partial charge in [-0.3, -0.25) is 4.79 Å². The van der Waals surface area contributed by atoms with Crippen molar-refractivity contribution in [3.05, 3.63) is 11.0 Å². The molecule has 0 aromatic carbocycles. The van der Waals surface area contributed by atoms with Gasteiger partial charge in [0.15, 0.2) is 4.87 Å². The Morgan fingerprint density at radius 2 is 1.89 bits per heavy atom. The molecule has 1 amide bonds. The number of methoxy groups -OCH3 is 1. The van der Waals surface area contributed by atoms with Crippen molar-refractivity contribution in [2.75, 3.05) is 20.3 Å². The third-order valence-corrected chi connectivity index (χ3v) is 5.83. The largest absolute Gasteiger partial charge is 0.466 e. The first kappa shape index (κ1) is 22.7. The highest BCUT2D eigenvalue weighted by molar-refractivity contribution is 8.06. The van der Waals surface area contributed by atoms with E-state index in [0.29, 0.717) is 6.08 Å². The lowest BCUT2D eigenvalue weighted by molar-refractivity contribution is -0.369. The van der Waals surface area contributed by atoms with E-state index in [2.05, 4.69) is 4.74 Å². The Morgan fingerprint density at radius 3 is 2.36 bits per heavy atom. The molecule has 2 aliphatic rings. The van der Waals surface area contributed by atoms with Crippen LogP contribution in [0.2, 0.25) is 0 Å². The lowest BCUT2D eigenvalue weighted by Crippen LogP contribution is -2.80. The molecule has 28 heavy (non-hydrogen) atoms. The average molecular weight is 443 g/mol. The van der Waals surface area contributed by atoms with Crippen LogP contribution in [-0.4, -0.2) is 72.2 Å². The molecule has 0 aliphatic carbocycles. The predicted octanol–water partition coefficient (Wildman–Crippen LogP) is 2.90. The minimum Gasteiger partial charge on any atom is -0.466 e. The van der Waals surface area contributed by atoms with E-state index in [1.807, 2.05) is 0 Å². The van der Waals surface area contributed by atoms with Gasteiger partial charge in [0.2, 0.25) is 0 Å². The Balaban J connectivity index is 2.60. The van der Waals surface area contributed by atoms with Crippen LogP contribution in [0.25, 0.3) is 0 Å². The summed E-state index contributed by atoms with van der Waals surface area (Å²) in [5, 5.41) is 0. The maximum absolute atomic E-state index is 14.8. The Labute approximate surface area is 157 Å². The minimum atomic E-state index is -6.55. The second kappa shape index (κ2) is 7.04. The molecule has 2 rings (SSSR count). The predicted molar refractivity (Wildman–Crippen MR) is 78.4 cm³/mol. The van der Waals surface area contributed by atoms with E-state index < -0.39 is 58.5 Å². The summed E-state index contributed by atoms with van der Waals surface area (Å²) in [5.41, 5.74) is 0. The maximum Gasteiger partial charge on any atom is 0.381 e. The number of hydrogen-bond donors (Lipinski definition) is 0. The number of alkyl halides is 8. The molecular formula is C14H13F8NO4S. The SMILES string of the molecule is CCOC1CN2C(=O)/C(=C/C(=O)OC)SC12C(F)(F)C(F)(F)C(F)(F)C(F)F. The number of carbonyl (C=O) groups is 2. The van der Waals surface area contributed by atoms with Crippen molar-refractivity contribution in [1.82, 2.24) is 4.90 Å². The fourth-order valence-corrected chi connectivity index (χ4v) is 4.30. The molecule has 14 heteroatoms. The van der Waals surface area contributed by atoms with Gasteiger partial charge in [-0.2, -0.15) is 26.3 Å². The third-order valence-electron chi connectivity index (χ3n) is 4.26. The van der Waals surface area contributed by atoms with Crippen molar-refractivity contribution < 1.29 is 54.2 Å². The summed E-state index contributed by atoms with van der Waals surface area (Å²) in [6, 6.07) is 0. The smallest absolute Gasteiger partial charge is 0.381 e. The molecule has 0 aromatic heterocycles. The summed E-state index contributed by atoms with van der Waals surface area (Å²) in [4.78, 5) is 19.3. The van der Waals surface area contributed by atoms with Gasteiger partial charge in [0.1, 0.15) is 6.10 Å². The molecule has 0 spiro atoms. The third kappa shape index (κ3) is 2.78. The summed E-state index contributed by atoms with van der Waals surface area (Å²) in [7, 11) is 0.878. The van der Waals surface area contributed by atoms with Gasteiger partial charge in [-0.15, -0.1) is 0 Å². The van der Waals surface area contributed by atoms with Crippen LogP contribution in [0, 0.1) is 0 Å². The summed E-state index contributed by atoms with van der Waals surface area (Å²) < 4.78 is 118. The zero-order valence-corrected chi connectivity index (χ0v) is 15.0. The van der Waals surface area contributed by atoms with E-state index >= 15 is 0 Å². The van der Waals surface area contributed by atoms with Crippen LogP contribution in [0.1, 0.15) is 6.92 Å². The molecule has 160 valence electrons. The fraction of sp³-hybridized carbons (Fsp3) is 0.714. The van der Waals surface area contributed by atoms with Crippen LogP contribution in [0.15, 0.2) is 11.0 Å². The van der Waals surface area contributed by atoms with Crippen molar-refractivity contribution in [1.29, 1.82) is 0 Å². The van der Waals surface area contributed by atoms with Gasteiger partial charge >= 0.3 is 30.2 Å². The minimum absolute atomic E-state index is 0.0994. The van der Waals surface area contributed by atoms with E-state index in [9.17, 15) is 44.7 Å². The van der Waals surface area contributed by atoms with Crippen LogP contribution in [-0.2, 0) is 19.1 Å². The fourth-order valence-electron chi connectivity index (χ4n) is 2.82. The molecule has 0 N–H and O–H groups in total. The molecule has 0 bridgehead atoms. The maximum atomic E-state index is 14.8. The molecule has 0 aromatic rings. The van der Waals surface area contributed by atoms with Crippen molar-refractivity contribution in [2.24, 2.45) is 0 Å². The molecule has 2 aliphatic heterocycles. The molecule has 5 nitrogen and oxygen atoms in total. The van der Waals surface area contributed by atoms with Gasteiger partial charge in [-0.1, -0.05) is 11.8 Å². The number of halogens is 8. The average Bonchev–Trinajstić information content (AvgIpc) is 2.80. The van der Waals surface area contributed by atoms with E-state index in [-0.39, 0.29) is 23.3 Å². The lowest BCUT2D eigenvalue weighted by Gasteiger charge is -2.57. The van der Waals surface area contributed by atoms with Gasteiger partial charge < -0.3 is 14.4 Å². The Morgan fingerprint density at radius 1 is 1.32 bits per heavy atom. The topological polar surface area (TPSA) is 55.8 Å². The molecule has 2 fully saturated rings. The number of esters is 1. The zero-order chi connectivity index (χ0) is 21.7. The van der Waals surface area contributed by atoms with Gasteiger partial charge in [0.05, 0.1) is 18.6 Å². The highest BCUT2D eigenvalue weighted by Gasteiger charge is 2.88. The summed E-state index contributed by atoms with van der Waals surface area (Å²) in [6.45, 7) is 0.273. The van der Waals surface area contributed by atoms with Crippen molar-refractivity contribution in [3.63, 3.8) is 0 Å². The van der Waals surface area contributed by atoms with Crippen LogP contribution < -0.4 is 0 Å². The van der Waals surface area contributed by atoms with Gasteiger partial charge in [-0.25, -0.2) is 13.6 Å². The monoisotopic (exact) mass is 443 g/mol. The Bertz CT molecular complexity index is 701. The van der Waals surface area contributed by atoms with Gasteiger partial charge in [0, 0.05) is 12.7 Å². The van der Waals surface area contributed by atoms with Gasteiger partial charge in [-0.05, 0) is 6.92 Å². The normalized spacial score (nSPS) is 27.2. The second-order valence-electron chi connectivity index (χ2n) is 5.76. The molecule has 2 atom stereocenters. The Hall–Kier alpha value is -1.57. The molecule has 0 radical (unpaired) electrons. The molecule has 2 heterocycles. The quantitative estimate of drug-likeness (QED) is 0.344. The summed E-state index contributed by atoms with van der Waals surface area (Å²) >= 11 is -0.327. The number of carbonyl (C=O) groups excluding carboxylic acids is 2. The summed E-state index contributed by atoms with van der Waals surface area (Å²) in [5.74, 6) is -21.3. The second-order valence-corrected chi connectivity index (χ2v) is 7.03. The van der Waals surface area contributed by atoms with Crippen molar-refractivity contribution >= 4 is 23.6 Å². The number of amides is 1. The van der Waals surface area contributed by atoms with Crippen molar-refractivity contribution in [2.45, 2.75) is 42.1 Å². The van der Waals surface area contributed by atoms with E-state index in [1.54, 1.807) is 0 Å². The van der Waals surface area contributed by atoms with Crippen LogP contribution in [0.4, 0.5) is 35.1 Å². The zero-order valence-electron chi connectivity index (χ0n) is 14.2.